The van der Waals surface area contributed by atoms with E-state index in [4.69, 9.17) is 0 Å². The first-order valence-electron chi connectivity index (χ1n) is 26.4. The zero-order valence-corrected chi connectivity index (χ0v) is 39.7. The average Bonchev–Trinajstić information content (AvgIpc) is 3.30. The van der Waals surface area contributed by atoms with Crippen LogP contribution in [0, 0.1) is 0 Å². The third-order valence-electron chi connectivity index (χ3n) is 15.0. The number of unbranched alkanes of at least 4 members (excludes halogenated alkanes) is 20. The van der Waals surface area contributed by atoms with Crippen molar-refractivity contribution >= 4 is 75.4 Å². The second kappa shape index (κ2) is 22.1. The van der Waals surface area contributed by atoms with E-state index in [-0.39, 0.29) is 0 Å². The van der Waals surface area contributed by atoms with Crippen LogP contribution in [0.25, 0.3) is 75.4 Å². The van der Waals surface area contributed by atoms with Crippen LogP contribution in [0.15, 0.2) is 72.8 Å². The van der Waals surface area contributed by atoms with Gasteiger partial charge in [-0.1, -0.05) is 229 Å². The molecule has 0 aliphatic heterocycles. The Balaban J connectivity index is 1.31. The van der Waals surface area contributed by atoms with Gasteiger partial charge >= 0.3 is 0 Å². The van der Waals surface area contributed by atoms with Crippen LogP contribution in [-0.4, -0.2) is 0 Å². The van der Waals surface area contributed by atoms with E-state index in [9.17, 15) is 0 Å². The van der Waals surface area contributed by atoms with Crippen LogP contribution in [0.3, 0.4) is 0 Å². The van der Waals surface area contributed by atoms with Crippen molar-refractivity contribution in [2.45, 2.75) is 207 Å². The maximum atomic E-state index is 2.67. The topological polar surface area (TPSA) is 0 Å². The van der Waals surface area contributed by atoms with Gasteiger partial charge in [-0.25, -0.2) is 0 Å². The molecular formula is C62H80. The second-order valence-corrected chi connectivity index (χ2v) is 19.9. The van der Waals surface area contributed by atoms with Crippen molar-refractivity contribution < 1.29 is 0 Å². The molecule has 0 heterocycles. The highest BCUT2D eigenvalue weighted by atomic mass is 14.3. The first kappa shape index (κ1) is 44.7. The molecule has 0 saturated heterocycles. The Bertz CT molecular complexity index is 2450. The summed E-state index contributed by atoms with van der Waals surface area (Å²) in [5, 5.41) is 20.8. The first-order chi connectivity index (χ1) is 30.6. The van der Waals surface area contributed by atoms with Crippen LogP contribution in [0.2, 0.25) is 0 Å². The minimum absolute atomic E-state index is 1.17. The Kier molecular flexibility index (Phi) is 16.0. The Morgan fingerprint density at radius 3 is 0.806 bits per heavy atom. The maximum absolute atomic E-state index is 2.67. The molecule has 0 fully saturated rings. The second-order valence-electron chi connectivity index (χ2n) is 19.9. The number of rotatable bonds is 28. The monoisotopic (exact) mass is 825 g/mol. The smallest absolute Gasteiger partial charge is 0.000741 e. The van der Waals surface area contributed by atoms with E-state index in [0.29, 0.717) is 0 Å². The van der Waals surface area contributed by atoms with Gasteiger partial charge in [-0.3, -0.25) is 0 Å². The number of aryl methyl sites for hydroxylation is 4. The van der Waals surface area contributed by atoms with Gasteiger partial charge in [0.2, 0.25) is 0 Å². The van der Waals surface area contributed by atoms with E-state index in [1.165, 1.54) is 277 Å². The van der Waals surface area contributed by atoms with Crippen molar-refractivity contribution in [3.63, 3.8) is 0 Å². The molecule has 0 heteroatoms. The molecule has 0 bridgehead atoms. The minimum Gasteiger partial charge on any atom is -0.0654 e. The average molecular weight is 825 g/mol. The molecule has 0 spiro atoms. The molecule has 8 rings (SSSR count). The standard InChI is InChI=1S/C62H80/c1-5-9-13-17-21-25-29-45-33-35-49-51-37-38-52-50-36-34-46(30-26-22-18-14-10-6-2)40-54(50)56-42-48(32-28-24-20-16-12-8-4)44-58-57-43-47(31-27-23-19-15-11-7-3)41-55(53(49)39-45)59(57)61(51)62(52)60(56)58/h33-44H,5-32H2,1-4H3. The van der Waals surface area contributed by atoms with E-state index >= 15 is 0 Å². The molecule has 0 radical (unpaired) electrons. The summed E-state index contributed by atoms with van der Waals surface area (Å²) in [7, 11) is 0. The van der Waals surface area contributed by atoms with Crippen molar-refractivity contribution in [3.05, 3.63) is 95.1 Å². The van der Waals surface area contributed by atoms with Crippen molar-refractivity contribution in [1.82, 2.24) is 0 Å². The Hall–Kier alpha value is -3.90. The van der Waals surface area contributed by atoms with Crippen LogP contribution in [0.5, 0.6) is 0 Å². The van der Waals surface area contributed by atoms with Crippen molar-refractivity contribution in [2.24, 2.45) is 0 Å². The maximum Gasteiger partial charge on any atom is -0.000741 e. The molecule has 0 unspecified atom stereocenters. The SMILES string of the molecule is CCCCCCCCc1ccc2c(c1)c1cc(CCCCCCCC)cc3c4cc(CCCCCCCC)cc5c6cc(CCCCCCCC)ccc6c6ccc2c(c13)c6c54. The van der Waals surface area contributed by atoms with E-state index < -0.39 is 0 Å². The molecule has 328 valence electrons. The minimum atomic E-state index is 1.17. The van der Waals surface area contributed by atoms with Gasteiger partial charge in [0.15, 0.2) is 0 Å². The Morgan fingerprint density at radius 2 is 0.468 bits per heavy atom. The molecule has 0 amide bonds. The summed E-state index contributed by atoms with van der Waals surface area (Å²) in [6.45, 7) is 9.30. The summed E-state index contributed by atoms with van der Waals surface area (Å²) in [6.07, 6.45) is 37.0. The van der Waals surface area contributed by atoms with Gasteiger partial charge in [0.05, 0.1) is 0 Å². The first-order valence-corrected chi connectivity index (χ1v) is 26.4. The summed E-state index contributed by atoms with van der Waals surface area (Å²) >= 11 is 0. The van der Waals surface area contributed by atoms with Crippen molar-refractivity contribution in [1.29, 1.82) is 0 Å². The summed E-state index contributed by atoms with van der Waals surface area (Å²) in [5.41, 5.74) is 6.11. The quantitative estimate of drug-likeness (QED) is 0.0262. The highest BCUT2D eigenvalue weighted by Crippen LogP contribution is 2.51. The highest BCUT2D eigenvalue weighted by molar-refractivity contribution is 6.47. The fourth-order valence-electron chi connectivity index (χ4n) is 11.5. The molecule has 0 aliphatic carbocycles. The zero-order chi connectivity index (χ0) is 42.7. The van der Waals surface area contributed by atoms with Crippen molar-refractivity contribution in [3.8, 4) is 0 Å². The molecule has 8 aromatic carbocycles. The molecule has 0 aliphatic rings. The predicted molar refractivity (Wildman–Crippen MR) is 280 cm³/mol. The number of hydrogen-bond acceptors (Lipinski definition) is 0. The third kappa shape index (κ3) is 9.91. The van der Waals surface area contributed by atoms with E-state index in [1.54, 1.807) is 0 Å². The molecule has 0 aromatic heterocycles. The normalized spacial score (nSPS) is 12.4. The largest absolute Gasteiger partial charge is 0.0654 e. The third-order valence-corrected chi connectivity index (χ3v) is 15.0. The van der Waals surface area contributed by atoms with E-state index in [2.05, 4.69) is 100 Å². The summed E-state index contributed by atoms with van der Waals surface area (Å²) < 4.78 is 0. The molecule has 0 atom stereocenters. The lowest BCUT2D eigenvalue weighted by Crippen LogP contribution is -1.98. The van der Waals surface area contributed by atoms with Gasteiger partial charge in [-0.2, -0.15) is 0 Å². The van der Waals surface area contributed by atoms with Crippen LogP contribution < -0.4 is 0 Å². The van der Waals surface area contributed by atoms with Gasteiger partial charge in [0.1, 0.15) is 0 Å². The van der Waals surface area contributed by atoms with E-state index in [1.807, 2.05) is 0 Å². The predicted octanol–water partition coefficient (Wildman–Crippen LogP) is 20.2. The lowest BCUT2D eigenvalue weighted by molar-refractivity contribution is 0.607. The lowest BCUT2D eigenvalue weighted by atomic mass is 9.79. The van der Waals surface area contributed by atoms with Gasteiger partial charge in [-0.05, 0) is 149 Å². The van der Waals surface area contributed by atoms with E-state index in [0.717, 1.165) is 0 Å². The van der Waals surface area contributed by atoms with Crippen LogP contribution in [-0.2, 0) is 25.7 Å². The number of fused-ring (bicyclic) bond motifs is 7. The molecule has 8 aromatic rings. The fourth-order valence-corrected chi connectivity index (χ4v) is 11.5. The Labute approximate surface area is 376 Å². The lowest BCUT2D eigenvalue weighted by Gasteiger charge is -2.23. The fraction of sp³-hybridized carbons (Fsp3) is 0.516. The number of benzene rings is 8. The molecule has 62 heavy (non-hydrogen) atoms. The van der Waals surface area contributed by atoms with Gasteiger partial charge in [0, 0.05) is 0 Å². The summed E-state index contributed by atoms with van der Waals surface area (Å²) in [4.78, 5) is 0. The highest BCUT2D eigenvalue weighted by Gasteiger charge is 2.23. The zero-order valence-electron chi connectivity index (χ0n) is 39.7. The van der Waals surface area contributed by atoms with Gasteiger partial charge in [-0.15, -0.1) is 0 Å². The van der Waals surface area contributed by atoms with Crippen LogP contribution >= 0.6 is 0 Å². The number of hydrogen-bond donors (Lipinski definition) is 0. The van der Waals surface area contributed by atoms with Crippen LogP contribution in [0.4, 0.5) is 0 Å². The van der Waals surface area contributed by atoms with Crippen molar-refractivity contribution in [2.75, 3.05) is 0 Å². The molecule has 0 saturated carbocycles. The van der Waals surface area contributed by atoms with Crippen LogP contribution in [0.1, 0.15) is 204 Å². The molecular weight excluding hydrogens is 745 g/mol. The molecule has 0 nitrogen and oxygen atoms in total. The summed E-state index contributed by atoms with van der Waals surface area (Å²) in [6, 6.07) is 30.9. The molecule has 0 N–H and O–H groups in total. The Morgan fingerprint density at radius 1 is 0.210 bits per heavy atom. The van der Waals surface area contributed by atoms with Gasteiger partial charge in [0.25, 0.3) is 0 Å². The summed E-state index contributed by atoms with van der Waals surface area (Å²) in [5.74, 6) is 0. The van der Waals surface area contributed by atoms with Gasteiger partial charge < -0.3 is 0 Å².